The quantitative estimate of drug-likeness (QED) is 0.847. The van der Waals surface area contributed by atoms with Crippen molar-refractivity contribution in [2.75, 3.05) is 31.5 Å². The van der Waals surface area contributed by atoms with E-state index in [0.717, 1.165) is 45.4 Å². The van der Waals surface area contributed by atoms with Crippen LogP contribution in [0, 0.1) is 17.8 Å². The molecule has 0 saturated carbocycles. The lowest BCUT2D eigenvalue weighted by Crippen LogP contribution is -2.43. The molecule has 0 aromatic heterocycles. The van der Waals surface area contributed by atoms with Crippen molar-refractivity contribution in [2.45, 2.75) is 33.1 Å². The summed E-state index contributed by atoms with van der Waals surface area (Å²) in [6.07, 6.45) is 2.87. The fourth-order valence-electron chi connectivity index (χ4n) is 4.10. The van der Waals surface area contributed by atoms with E-state index in [-0.39, 0.29) is 30.1 Å². The van der Waals surface area contributed by atoms with Gasteiger partial charge in [0.15, 0.2) is 0 Å². The second-order valence-corrected chi connectivity index (χ2v) is 7.72. The maximum Gasteiger partial charge on any atom is 0.255 e. The summed E-state index contributed by atoms with van der Waals surface area (Å²) < 4.78 is 0. The van der Waals surface area contributed by atoms with E-state index in [1.54, 1.807) is 0 Å². The number of rotatable bonds is 3. The number of halogens is 1. The standard InChI is InChI=1S/C20H29N3O2.ClH/c1-14-11-15(2)13-23(12-14)20(25)17-5-3-4-6-18(17)22-19(24)16-7-9-21-10-8-16;/h3-6,14-16,21H,7-13H2,1-2H3,(H,22,24);1H. The first kappa shape index (κ1) is 20.7. The maximum atomic E-state index is 13.0. The lowest BCUT2D eigenvalue weighted by Gasteiger charge is -2.35. The van der Waals surface area contributed by atoms with E-state index in [1.165, 1.54) is 0 Å². The lowest BCUT2D eigenvalue weighted by molar-refractivity contribution is -0.120. The molecule has 5 nitrogen and oxygen atoms in total. The summed E-state index contributed by atoms with van der Waals surface area (Å²) in [5.74, 6) is 1.12. The van der Waals surface area contributed by atoms with Crippen LogP contribution in [0.5, 0.6) is 0 Å². The number of likely N-dealkylation sites (tertiary alicyclic amines) is 1. The van der Waals surface area contributed by atoms with Gasteiger partial charge < -0.3 is 15.5 Å². The molecule has 144 valence electrons. The molecule has 26 heavy (non-hydrogen) atoms. The molecule has 2 heterocycles. The van der Waals surface area contributed by atoms with Crippen molar-refractivity contribution in [3.63, 3.8) is 0 Å². The molecule has 2 unspecified atom stereocenters. The Hall–Kier alpha value is -1.59. The van der Waals surface area contributed by atoms with Gasteiger partial charge in [0.05, 0.1) is 11.3 Å². The van der Waals surface area contributed by atoms with E-state index in [2.05, 4.69) is 24.5 Å². The first-order valence-corrected chi connectivity index (χ1v) is 9.44. The van der Waals surface area contributed by atoms with Crippen molar-refractivity contribution < 1.29 is 9.59 Å². The molecule has 2 aliphatic heterocycles. The summed E-state index contributed by atoms with van der Waals surface area (Å²) >= 11 is 0. The third-order valence-corrected chi connectivity index (χ3v) is 5.28. The SMILES string of the molecule is CC1CC(C)CN(C(=O)c2ccccc2NC(=O)C2CCNCC2)C1.Cl. The third kappa shape index (κ3) is 4.98. The maximum absolute atomic E-state index is 13.0. The topological polar surface area (TPSA) is 61.4 Å². The average Bonchev–Trinajstić information content (AvgIpc) is 2.61. The summed E-state index contributed by atoms with van der Waals surface area (Å²) in [6, 6.07) is 7.40. The Labute approximate surface area is 162 Å². The lowest BCUT2D eigenvalue weighted by atomic mass is 9.91. The highest BCUT2D eigenvalue weighted by atomic mass is 35.5. The largest absolute Gasteiger partial charge is 0.338 e. The number of amides is 2. The van der Waals surface area contributed by atoms with Gasteiger partial charge in [-0.05, 0) is 56.3 Å². The molecule has 2 fully saturated rings. The number of nitrogens with one attached hydrogen (secondary N) is 2. The molecule has 0 spiro atoms. The number of carbonyl (C=O) groups is 2. The molecule has 0 bridgehead atoms. The van der Waals surface area contributed by atoms with E-state index in [4.69, 9.17) is 0 Å². The molecular weight excluding hydrogens is 350 g/mol. The molecule has 1 aromatic rings. The fraction of sp³-hybridized carbons (Fsp3) is 0.600. The Kier molecular flexibility index (Phi) is 7.47. The molecule has 2 N–H and O–H groups in total. The Balaban J connectivity index is 0.00000243. The van der Waals surface area contributed by atoms with Crippen LogP contribution in [0.1, 0.15) is 43.5 Å². The first-order valence-electron chi connectivity index (χ1n) is 9.44. The number of hydrogen-bond donors (Lipinski definition) is 2. The molecule has 1 aromatic carbocycles. The molecular formula is C20H30ClN3O2. The van der Waals surface area contributed by atoms with Crippen molar-refractivity contribution in [2.24, 2.45) is 17.8 Å². The summed E-state index contributed by atoms with van der Waals surface area (Å²) in [5.41, 5.74) is 1.24. The van der Waals surface area contributed by atoms with Crippen molar-refractivity contribution in [1.82, 2.24) is 10.2 Å². The van der Waals surface area contributed by atoms with Crippen molar-refractivity contribution in [3.8, 4) is 0 Å². The highest BCUT2D eigenvalue weighted by Gasteiger charge is 2.28. The minimum Gasteiger partial charge on any atom is -0.338 e. The molecule has 6 heteroatoms. The Bertz CT molecular complexity index is 621. The van der Waals surface area contributed by atoms with E-state index in [1.807, 2.05) is 29.2 Å². The van der Waals surface area contributed by atoms with Crippen LogP contribution in [-0.4, -0.2) is 42.9 Å². The number of para-hydroxylation sites is 1. The number of hydrogen-bond acceptors (Lipinski definition) is 3. The van der Waals surface area contributed by atoms with Gasteiger partial charge in [0.1, 0.15) is 0 Å². The average molecular weight is 380 g/mol. The van der Waals surface area contributed by atoms with Crippen LogP contribution < -0.4 is 10.6 Å². The van der Waals surface area contributed by atoms with Gasteiger partial charge in [-0.2, -0.15) is 0 Å². The monoisotopic (exact) mass is 379 g/mol. The van der Waals surface area contributed by atoms with Crippen LogP contribution in [0.15, 0.2) is 24.3 Å². The Morgan fingerprint density at radius 1 is 1.08 bits per heavy atom. The summed E-state index contributed by atoms with van der Waals surface area (Å²) in [4.78, 5) is 27.5. The summed E-state index contributed by atoms with van der Waals surface area (Å²) in [7, 11) is 0. The Morgan fingerprint density at radius 2 is 1.69 bits per heavy atom. The smallest absolute Gasteiger partial charge is 0.255 e. The van der Waals surface area contributed by atoms with Crippen molar-refractivity contribution >= 4 is 29.9 Å². The number of piperidine rings is 2. The third-order valence-electron chi connectivity index (χ3n) is 5.28. The minimum atomic E-state index is 0. The zero-order valence-electron chi connectivity index (χ0n) is 15.7. The van der Waals surface area contributed by atoms with E-state index < -0.39 is 0 Å². The summed E-state index contributed by atoms with van der Waals surface area (Å²) in [5, 5.41) is 6.28. The van der Waals surface area contributed by atoms with Crippen LogP contribution in [0.3, 0.4) is 0 Å². The predicted octanol–water partition coefficient (Wildman–Crippen LogP) is 3.16. The molecule has 3 rings (SSSR count). The van der Waals surface area contributed by atoms with Gasteiger partial charge in [0, 0.05) is 19.0 Å². The van der Waals surface area contributed by atoms with Gasteiger partial charge in [-0.25, -0.2) is 0 Å². The van der Waals surface area contributed by atoms with Gasteiger partial charge in [0.25, 0.3) is 5.91 Å². The van der Waals surface area contributed by atoms with Crippen LogP contribution in [-0.2, 0) is 4.79 Å². The summed E-state index contributed by atoms with van der Waals surface area (Å²) in [6.45, 7) is 7.73. The number of carbonyl (C=O) groups excluding carboxylic acids is 2. The number of nitrogens with zero attached hydrogens (tertiary/aromatic N) is 1. The second-order valence-electron chi connectivity index (χ2n) is 7.72. The molecule has 0 aliphatic carbocycles. The van der Waals surface area contributed by atoms with Crippen molar-refractivity contribution in [1.29, 1.82) is 0 Å². The van der Waals surface area contributed by atoms with E-state index >= 15 is 0 Å². The number of anilines is 1. The molecule has 2 saturated heterocycles. The van der Waals surface area contributed by atoms with Gasteiger partial charge in [0.2, 0.25) is 5.91 Å². The van der Waals surface area contributed by atoms with E-state index in [0.29, 0.717) is 23.1 Å². The van der Waals surface area contributed by atoms with Crippen LogP contribution >= 0.6 is 12.4 Å². The number of benzene rings is 1. The highest BCUT2D eigenvalue weighted by molar-refractivity contribution is 6.04. The predicted molar refractivity (Wildman–Crippen MR) is 107 cm³/mol. The normalized spacial score (nSPS) is 23.8. The van der Waals surface area contributed by atoms with E-state index in [9.17, 15) is 9.59 Å². The molecule has 2 aliphatic rings. The van der Waals surface area contributed by atoms with Gasteiger partial charge in [-0.3, -0.25) is 9.59 Å². The molecule has 2 atom stereocenters. The van der Waals surface area contributed by atoms with Crippen LogP contribution in [0.25, 0.3) is 0 Å². The Morgan fingerprint density at radius 3 is 2.35 bits per heavy atom. The molecule has 0 radical (unpaired) electrons. The van der Waals surface area contributed by atoms with Gasteiger partial charge in [-0.1, -0.05) is 26.0 Å². The van der Waals surface area contributed by atoms with Crippen LogP contribution in [0.2, 0.25) is 0 Å². The highest BCUT2D eigenvalue weighted by Crippen LogP contribution is 2.25. The first-order chi connectivity index (χ1) is 12.0. The van der Waals surface area contributed by atoms with Crippen LogP contribution in [0.4, 0.5) is 5.69 Å². The second kappa shape index (κ2) is 9.38. The van der Waals surface area contributed by atoms with Gasteiger partial charge in [-0.15, -0.1) is 12.4 Å². The fourth-order valence-corrected chi connectivity index (χ4v) is 4.10. The minimum absolute atomic E-state index is 0. The van der Waals surface area contributed by atoms with Gasteiger partial charge >= 0.3 is 0 Å². The zero-order valence-corrected chi connectivity index (χ0v) is 16.5. The zero-order chi connectivity index (χ0) is 17.8. The molecule has 2 amide bonds. The van der Waals surface area contributed by atoms with Crippen molar-refractivity contribution in [3.05, 3.63) is 29.8 Å².